The molecule has 2 N–H and O–H groups in total. The van der Waals surface area contributed by atoms with Gasteiger partial charge in [0.15, 0.2) is 5.43 Å². The van der Waals surface area contributed by atoms with Crippen molar-refractivity contribution in [3.63, 3.8) is 0 Å². The second kappa shape index (κ2) is 4.74. The highest BCUT2D eigenvalue weighted by molar-refractivity contribution is 5.78. The zero-order chi connectivity index (χ0) is 14.1. The highest BCUT2D eigenvalue weighted by atomic mass is 16.3. The number of phenols is 2. The summed E-state index contributed by atoms with van der Waals surface area (Å²) in [5.74, 6) is 0.201. The van der Waals surface area contributed by atoms with Crippen molar-refractivity contribution in [2.75, 3.05) is 0 Å². The maximum atomic E-state index is 12.3. The second-order valence-electron chi connectivity index (χ2n) is 4.58. The van der Waals surface area contributed by atoms with Gasteiger partial charge in [-0.05, 0) is 23.8 Å². The SMILES string of the molecule is O=c1c(Cc2ccccc2O)coc2cc(O)ccc12. The molecule has 0 saturated carbocycles. The Morgan fingerprint density at radius 2 is 1.80 bits per heavy atom. The summed E-state index contributed by atoms with van der Waals surface area (Å²) in [5, 5.41) is 19.5. The third kappa shape index (κ3) is 2.12. The predicted octanol–water partition coefficient (Wildman–Crippen LogP) is 2.80. The van der Waals surface area contributed by atoms with Gasteiger partial charge in [-0.2, -0.15) is 0 Å². The first kappa shape index (κ1) is 12.3. The van der Waals surface area contributed by atoms with E-state index in [4.69, 9.17) is 4.42 Å². The van der Waals surface area contributed by atoms with Gasteiger partial charge in [0.1, 0.15) is 17.1 Å². The van der Waals surface area contributed by atoms with Crippen LogP contribution in [0.25, 0.3) is 11.0 Å². The van der Waals surface area contributed by atoms with Crippen LogP contribution in [0.3, 0.4) is 0 Å². The molecule has 0 spiro atoms. The Hall–Kier alpha value is -2.75. The molecule has 100 valence electrons. The fraction of sp³-hybridized carbons (Fsp3) is 0.0625. The van der Waals surface area contributed by atoms with Crippen molar-refractivity contribution in [2.45, 2.75) is 6.42 Å². The minimum Gasteiger partial charge on any atom is -0.508 e. The lowest BCUT2D eigenvalue weighted by molar-refractivity contribution is 0.469. The summed E-state index contributed by atoms with van der Waals surface area (Å²) in [5.41, 5.74) is 1.31. The molecule has 1 heterocycles. The molecule has 0 bridgehead atoms. The van der Waals surface area contributed by atoms with Crippen molar-refractivity contribution in [1.82, 2.24) is 0 Å². The van der Waals surface area contributed by atoms with E-state index in [1.54, 1.807) is 24.3 Å². The fourth-order valence-electron chi connectivity index (χ4n) is 2.14. The summed E-state index contributed by atoms with van der Waals surface area (Å²) in [6.07, 6.45) is 1.67. The Labute approximate surface area is 114 Å². The molecule has 0 aliphatic heterocycles. The lowest BCUT2D eigenvalue weighted by Gasteiger charge is -2.05. The van der Waals surface area contributed by atoms with E-state index >= 15 is 0 Å². The number of phenolic OH excluding ortho intramolecular Hbond substituents is 2. The molecule has 3 rings (SSSR count). The van der Waals surface area contributed by atoms with Crippen molar-refractivity contribution >= 4 is 11.0 Å². The van der Waals surface area contributed by atoms with E-state index in [0.29, 0.717) is 28.5 Å². The Morgan fingerprint density at radius 3 is 2.60 bits per heavy atom. The summed E-state index contributed by atoms with van der Waals surface area (Å²) in [7, 11) is 0. The average molecular weight is 268 g/mol. The van der Waals surface area contributed by atoms with Gasteiger partial charge >= 0.3 is 0 Å². The number of benzene rings is 2. The van der Waals surface area contributed by atoms with E-state index < -0.39 is 0 Å². The van der Waals surface area contributed by atoms with Gasteiger partial charge in [0.2, 0.25) is 0 Å². The second-order valence-corrected chi connectivity index (χ2v) is 4.58. The highest BCUT2D eigenvalue weighted by Gasteiger charge is 2.10. The van der Waals surface area contributed by atoms with Crippen LogP contribution in [0.5, 0.6) is 11.5 Å². The number of aromatic hydroxyl groups is 2. The van der Waals surface area contributed by atoms with E-state index in [9.17, 15) is 15.0 Å². The van der Waals surface area contributed by atoms with Gasteiger partial charge in [-0.1, -0.05) is 18.2 Å². The molecule has 20 heavy (non-hydrogen) atoms. The summed E-state index contributed by atoms with van der Waals surface area (Å²) < 4.78 is 5.37. The minimum absolute atomic E-state index is 0.0501. The third-order valence-electron chi connectivity index (χ3n) is 3.20. The molecule has 2 aromatic carbocycles. The minimum atomic E-state index is -0.158. The highest BCUT2D eigenvalue weighted by Crippen LogP contribution is 2.21. The van der Waals surface area contributed by atoms with Gasteiger partial charge in [-0.25, -0.2) is 0 Å². The van der Waals surface area contributed by atoms with Crippen LogP contribution in [-0.4, -0.2) is 10.2 Å². The maximum Gasteiger partial charge on any atom is 0.196 e. The molecular formula is C16H12O4. The van der Waals surface area contributed by atoms with E-state index in [1.165, 1.54) is 24.5 Å². The monoisotopic (exact) mass is 268 g/mol. The quantitative estimate of drug-likeness (QED) is 0.749. The molecule has 1 aromatic heterocycles. The predicted molar refractivity (Wildman–Crippen MR) is 75.1 cm³/mol. The van der Waals surface area contributed by atoms with E-state index in [2.05, 4.69) is 0 Å². The largest absolute Gasteiger partial charge is 0.508 e. The van der Waals surface area contributed by atoms with E-state index in [0.717, 1.165) is 0 Å². The molecule has 0 atom stereocenters. The summed E-state index contributed by atoms with van der Waals surface area (Å²) in [6, 6.07) is 11.3. The van der Waals surface area contributed by atoms with Gasteiger partial charge in [-0.15, -0.1) is 0 Å². The average Bonchev–Trinajstić information content (AvgIpc) is 2.44. The lowest BCUT2D eigenvalue weighted by Crippen LogP contribution is -2.09. The van der Waals surface area contributed by atoms with Crippen LogP contribution in [0, 0.1) is 0 Å². The number of hydrogen-bond acceptors (Lipinski definition) is 4. The van der Waals surface area contributed by atoms with Gasteiger partial charge in [0, 0.05) is 18.1 Å². The number of fused-ring (bicyclic) bond motifs is 1. The van der Waals surface area contributed by atoms with Crippen LogP contribution in [0.2, 0.25) is 0 Å². The van der Waals surface area contributed by atoms with Crippen LogP contribution >= 0.6 is 0 Å². The lowest BCUT2D eigenvalue weighted by atomic mass is 10.0. The number of rotatable bonds is 2. The first-order chi connectivity index (χ1) is 9.65. The van der Waals surface area contributed by atoms with Gasteiger partial charge in [-0.3, -0.25) is 4.79 Å². The third-order valence-corrected chi connectivity index (χ3v) is 3.20. The molecule has 4 nitrogen and oxygen atoms in total. The Morgan fingerprint density at radius 1 is 1.00 bits per heavy atom. The van der Waals surface area contributed by atoms with Gasteiger partial charge in [0.25, 0.3) is 0 Å². The maximum absolute atomic E-state index is 12.3. The van der Waals surface area contributed by atoms with E-state index in [-0.39, 0.29) is 16.9 Å². The van der Waals surface area contributed by atoms with Crippen molar-refractivity contribution in [2.24, 2.45) is 0 Å². The molecule has 0 aliphatic rings. The van der Waals surface area contributed by atoms with Crippen molar-refractivity contribution in [3.05, 3.63) is 70.1 Å². The van der Waals surface area contributed by atoms with Crippen LogP contribution in [0.4, 0.5) is 0 Å². The Kier molecular flexibility index (Phi) is 2.91. The Bertz CT molecular complexity index is 833. The van der Waals surface area contributed by atoms with E-state index in [1.807, 2.05) is 0 Å². The molecule has 0 radical (unpaired) electrons. The summed E-state index contributed by atoms with van der Waals surface area (Å²) in [6.45, 7) is 0. The molecule has 3 aromatic rings. The van der Waals surface area contributed by atoms with Gasteiger partial charge < -0.3 is 14.6 Å². The van der Waals surface area contributed by atoms with Crippen LogP contribution in [0.1, 0.15) is 11.1 Å². The first-order valence-corrected chi connectivity index (χ1v) is 6.15. The van der Waals surface area contributed by atoms with Crippen LogP contribution in [-0.2, 0) is 6.42 Å². The molecule has 0 saturated heterocycles. The van der Waals surface area contributed by atoms with Crippen LogP contribution < -0.4 is 5.43 Å². The topological polar surface area (TPSA) is 70.7 Å². The number of para-hydroxylation sites is 1. The van der Waals surface area contributed by atoms with Crippen molar-refractivity contribution in [3.8, 4) is 11.5 Å². The molecule has 0 unspecified atom stereocenters. The molecule has 0 amide bonds. The molecule has 0 aliphatic carbocycles. The summed E-state index contributed by atoms with van der Waals surface area (Å²) >= 11 is 0. The first-order valence-electron chi connectivity index (χ1n) is 6.15. The standard InChI is InChI=1S/C16H12O4/c17-12-5-6-13-15(8-12)20-9-11(16(13)19)7-10-3-1-2-4-14(10)18/h1-6,8-9,17-18H,7H2. The molecule has 4 heteroatoms. The fourth-order valence-corrected chi connectivity index (χ4v) is 2.14. The summed E-state index contributed by atoms with van der Waals surface area (Å²) in [4.78, 5) is 12.3. The van der Waals surface area contributed by atoms with Crippen LogP contribution in [0.15, 0.2) is 57.9 Å². The number of hydrogen-bond donors (Lipinski definition) is 2. The zero-order valence-electron chi connectivity index (χ0n) is 10.5. The van der Waals surface area contributed by atoms with Crippen molar-refractivity contribution < 1.29 is 14.6 Å². The smallest absolute Gasteiger partial charge is 0.196 e. The van der Waals surface area contributed by atoms with Gasteiger partial charge in [0.05, 0.1) is 11.6 Å². The van der Waals surface area contributed by atoms with Crippen molar-refractivity contribution in [1.29, 1.82) is 0 Å². The molecular weight excluding hydrogens is 256 g/mol. The molecule has 0 fully saturated rings. The Balaban J connectivity index is 2.09. The normalized spacial score (nSPS) is 10.8. The zero-order valence-corrected chi connectivity index (χ0v) is 10.5.